The van der Waals surface area contributed by atoms with E-state index in [9.17, 15) is 9.59 Å². The van der Waals surface area contributed by atoms with E-state index in [1.165, 1.54) is 10.4 Å². The first-order valence-corrected chi connectivity index (χ1v) is 13.5. The number of hydrogen-bond acceptors (Lipinski definition) is 4. The average molecular weight is 500 g/mol. The van der Waals surface area contributed by atoms with Gasteiger partial charge in [0.25, 0.3) is 0 Å². The van der Waals surface area contributed by atoms with E-state index in [4.69, 9.17) is 4.74 Å². The highest BCUT2D eigenvalue weighted by Gasteiger charge is 2.34. The van der Waals surface area contributed by atoms with E-state index in [0.29, 0.717) is 25.6 Å². The first kappa shape index (κ1) is 27.1. The van der Waals surface area contributed by atoms with Crippen LogP contribution in [0.1, 0.15) is 68.6 Å². The molecule has 0 saturated heterocycles. The zero-order valence-corrected chi connectivity index (χ0v) is 23.1. The standard InChI is InChI=1S/C28H41N3O3S/c1-8-19(2)16-30(27(33)29-28(5,6)7)17-26(32)31-13-11-25-22(12-14-35-25)23(31)18-34-24-10-9-20(3)15-21(24)4/h9-10,12,14-15,19,23H,8,11,13,16-18H2,1-7H3,(H,29,33). The van der Waals surface area contributed by atoms with Gasteiger partial charge in [0, 0.05) is 23.5 Å². The summed E-state index contributed by atoms with van der Waals surface area (Å²) in [5.41, 5.74) is 3.07. The topological polar surface area (TPSA) is 61.9 Å². The Balaban J connectivity index is 1.79. The molecule has 0 saturated carbocycles. The Morgan fingerprint density at radius 1 is 1.26 bits per heavy atom. The molecule has 3 rings (SSSR count). The van der Waals surface area contributed by atoms with Gasteiger partial charge in [-0.1, -0.05) is 38.0 Å². The Bertz CT molecular complexity index is 1030. The number of rotatable bonds is 8. The lowest BCUT2D eigenvalue weighted by molar-refractivity contribution is -0.135. The van der Waals surface area contributed by atoms with Gasteiger partial charge in [-0.25, -0.2) is 4.79 Å². The van der Waals surface area contributed by atoms with Crippen LogP contribution in [0, 0.1) is 19.8 Å². The van der Waals surface area contributed by atoms with Crippen LogP contribution in [0.4, 0.5) is 4.79 Å². The van der Waals surface area contributed by atoms with E-state index in [1.807, 2.05) is 44.7 Å². The van der Waals surface area contributed by atoms with E-state index >= 15 is 0 Å². The first-order chi connectivity index (χ1) is 16.5. The van der Waals surface area contributed by atoms with Crippen LogP contribution in [-0.4, -0.2) is 53.5 Å². The molecular formula is C28H41N3O3S. The molecule has 0 bridgehead atoms. The number of fused-ring (bicyclic) bond motifs is 1. The molecule has 1 aromatic carbocycles. The SMILES string of the molecule is CCC(C)CN(CC(=O)N1CCc2sccc2C1COc1ccc(C)cc1C)C(=O)NC(C)(C)C. The fourth-order valence-corrected chi connectivity index (χ4v) is 5.31. The lowest BCUT2D eigenvalue weighted by atomic mass is 10.00. The summed E-state index contributed by atoms with van der Waals surface area (Å²) in [6.45, 7) is 15.8. The van der Waals surface area contributed by atoms with Gasteiger partial charge < -0.3 is 19.9 Å². The molecule has 0 aliphatic carbocycles. The lowest BCUT2D eigenvalue weighted by Crippen LogP contribution is -2.53. The van der Waals surface area contributed by atoms with Gasteiger partial charge in [-0.2, -0.15) is 0 Å². The summed E-state index contributed by atoms with van der Waals surface area (Å²) in [5.74, 6) is 1.11. The van der Waals surface area contributed by atoms with E-state index in [-0.39, 0.29) is 30.1 Å². The molecule has 3 amide bonds. The number of aryl methyl sites for hydroxylation is 2. The van der Waals surface area contributed by atoms with Crippen molar-refractivity contribution in [2.45, 2.75) is 72.9 Å². The van der Waals surface area contributed by atoms with Crippen LogP contribution in [0.5, 0.6) is 5.75 Å². The van der Waals surface area contributed by atoms with Crippen LogP contribution in [-0.2, 0) is 11.2 Å². The van der Waals surface area contributed by atoms with Gasteiger partial charge in [-0.3, -0.25) is 4.79 Å². The molecule has 7 heteroatoms. The second-order valence-electron chi connectivity index (χ2n) is 10.8. The fraction of sp³-hybridized carbons (Fsp3) is 0.571. The van der Waals surface area contributed by atoms with E-state index < -0.39 is 0 Å². The maximum atomic E-state index is 13.7. The number of nitrogens with zero attached hydrogens (tertiary/aromatic N) is 2. The summed E-state index contributed by atoms with van der Waals surface area (Å²) in [5, 5.41) is 5.12. The molecule has 192 valence electrons. The average Bonchev–Trinajstić information content (AvgIpc) is 3.25. The van der Waals surface area contributed by atoms with Crippen molar-refractivity contribution < 1.29 is 14.3 Å². The van der Waals surface area contributed by atoms with Crippen molar-refractivity contribution in [1.29, 1.82) is 0 Å². The van der Waals surface area contributed by atoms with E-state index in [2.05, 4.69) is 43.6 Å². The highest BCUT2D eigenvalue weighted by molar-refractivity contribution is 7.10. The quantitative estimate of drug-likeness (QED) is 0.505. The number of urea groups is 1. The Kier molecular flexibility index (Phi) is 8.86. The Morgan fingerprint density at radius 3 is 2.66 bits per heavy atom. The molecule has 2 aromatic rings. The predicted octanol–water partition coefficient (Wildman–Crippen LogP) is 5.73. The molecule has 1 N–H and O–H groups in total. The van der Waals surface area contributed by atoms with Crippen LogP contribution < -0.4 is 10.1 Å². The number of carbonyl (C=O) groups is 2. The molecule has 35 heavy (non-hydrogen) atoms. The van der Waals surface area contributed by atoms with Crippen LogP contribution in [0.2, 0.25) is 0 Å². The van der Waals surface area contributed by atoms with Crippen LogP contribution in [0.3, 0.4) is 0 Å². The maximum Gasteiger partial charge on any atom is 0.318 e. The van der Waals surface area contributed by atoms with Crippen LogP contribution in [0.15, 0.2) is 29.6 Å². The van der Waals surface area contributed by atoms with Gasteiger partial charge in [0.1, 0.15) is 18.9 Å². The lowest BCUT2D eigenvalue weighted by Gasteiger charge is -2.38. The van der Waals surface area contributed by atoms with Gasteiger partial charge in [-0.15, -0.1) is 11.3 Å². The summed E-state index contributed by atoms with van der Waals surface area (Å²) in [7, 11) is 0. The summed E-state index contributed by atoms with van der Waals surface area (Å²) in [4.78, 5) is 31.6. The fourth-order valence-electron chi connectivity index (χ4n) is 4.38. The second-order valence-corrected chi connectivity index (χ2v) is 11.8. The third-order valence-corrected chi connectivity index (χ3v) is 7.46. The minimum Gasteiger partial charge on any atom is -0.491 e. The number of thiophene rings is 1. The van der Waals surface area contributed by atoms with Gasteiger partial charge >= 0.3 is 6.03 Å². The van der Waals surface area contributed by atoms with Crippen molar-refractivity contribution in [3.05, 3.63) is 51.2 Å². The number of carbonyl (C=O) groups excluding carboxylic acids is 2. The molecule has 1 aliphatic rings. The number of benzene rings is 1. The van der Waals surface area contributed by atoms with Crippen molar-refractivity contribution in [2.75, 3.05) is 26.2 Å². The smallest absolute Gasteiger partial charge is 0.318 e. The second kappa shape index (κ2) is 11.5. The molecule has 2 unspecified atom stereocenters. The molecule has 1 aliphatic heterocycles. The molecule has 0 spiro atoms. The first-order valence-electron chi connectivity index (χ1n) is 12.6. The van der Waals surface area contributed by atoms with E-state index in [0.717, 1.165) is 29.7 Å². The van der Waals surface area contributed by atoms with Crippen molar-refractivity contribution in [3.63, 3.8) is 0 Å². The third kappa shape index (κ3) is 7.23. The van der Waals surface area contributed by atoms with Crippen molar-refractivity contribution in [2.24, 2.45) is 5.92 Å². The van der Waals surface area contributed by atoms with Crippen molar-refractivity contribution in [3.8, 4) is 5.75 Å². The highest BCUT2D eigenvalue weighted by Crippen LogP contribution is 2.34. The summed E-state index contributed by atoms with van der Waals surface area (Å²) in [6.07, 6.45) is 1.78. The number of hydrogen-bond donors (Lipinski definition) is 1. The van der Waals surface area contributed by atoms with Gasteiger partial charge in [0.05, 0.1) is 6.04 Å². The normalized spacial score (nSPS) is 16.4. The van der Waals surface area contributed by atoms with Crippen molar-refractivity contribution >= 4 is 23.3 Å². The Hall–Kier alpha value is -2.54. The summed E-state index contributed by atoms with van der Waals surface area (Å²) >= 11 is 1.74. The minimum absolute atomic E-state index is 0.0385. The number of amides is 3. The number of nitrogens with one attached hydrogen (secondary N) is 1. The molecular weight excluding hydrogens is 458 g/mol. The largest absolute Gasteiger partial charge is 0.491 e. The monoisotopic (exact) mass is 499 g/mol. The molecule has 0 fully saturated rings. The molecule has 0 radical (unpaired) electrons. The molecule has 6 nitrogen and oxygen atoms in total. The Labute approximate surface area is 214 Å². The zero-order valence-electron chi connectivity index (χ0n) is 22.3. The molecule has 2 atom stereocenters. The molecule has 2 heterocycles. The van der Waals surface area contributed by atoms with Gasteiger partial charge in [-0.05, 0) is 75.6 Å². The maximum absolute atomic E-state index is 13.7. The van der Waals surface area contributed by atoms with Crippen molar-refractivity contribution in [1.82, 2.24) is 15.1 Å². The van der Waals surface area contributed by atoms with Crippen LogP contribution >= 0.6 is 11.3 Å². The van der Waals surface area contributed by atoms with Gasteiger partial charge in [0.15, 0.2) is 0 Å². The highest BCUT2D eigenvalue weighted by atomic mass is 32.1. The zero-order chi connectivity index (χ0) is 25.8. The van der Waals surface area contributed by atoms with E-state index in [1.54, 1.807) is 16.2 Å². The Morgan fingerprint density at radius 2 is 2.00 bits per heavy atom. The third-order valence-electron chi connectivity index (χ3n) is 6.47. The molecule has 1 aromatic heterocycles. The summed E-state index contributed by atoms with van der Waals surface area (Å²) in [6, 6.07) is 7.90. The minimum atomic E-state index is -0.368. The number of ether oxygens (including phenoxy) is 1. The predicted molar refractivity (Wildman–Crippen MR) is 143 cm³/mol. The van der Waals surface area contributed by atoms with Crippen LogP contribution in [0.25, 0.3) is 0 Å². The summed E-state index contributed by atoms with van der Waals surface area (Å²) < 4.78 is 6.26. The van der Waals surface area contributed by atoms with Gasteiger partial charge in [0.2, 0.25) is 5.91 Å².